The molecule has 148 valence electrons. The van der Waals surface area contributed by atoms with Gasteiger partial charge in [0.1, 0.15) is 22.4 Å². The van der Waals surface area contributed by atoms with Gasteiger partial charge in [0.15, 0.2) is 0 Å². The number of ether oxygens (including phenoxy) is 1. The summed E-state index contributed by atoms with van der Waals surface area (Å²) in [6, 6.07) is 6.35. The van der Waals surface area contributed by atoms with E-state index in [0.29, 0.717) is 11.0 Å². The number of amides is 1. The zero-order chi connectivity index (χ0) is 20.5. The number of hydrogen-bond donors (Lipinski definition) is 2. The molecule has 0 saturated carbocycles. The summed E-state index contributed by atoms with van der Waals surface area (Å²) in [7, 11) is 0. The molecule has 0 aliphatic rings. The second-order valence-corrected chi connectivity index (χ2v) is 7.24. The van der Waals surface area contributed by atoms with Crippen LogP contribution in [0.4, 0.5) is 13.2 Å². The average molecular weight is 458 g/mol. The Bertz CT molecular complexity index is 1000. The molecule has 1 atom stereocenters. The maximum Gasteiger partial charge on any atom is 0.573 e. The molecule has 2 aromatic heterocycles. The van der Waals surface area contributed by atoms with Crippen molar-refractivity contribution in [3.8, 4) is 5.75 Å². The summed E-state index contributed by atoms with van der Waals surface area (Å²) in [6.07, 6.45) is -1.45. The SMILES string of the molecule is C[C@](N)(Cn1cc2ncc(Br)cc2n1)NC(=O)c1ccc(OC(F)(F)F)cc1. The minimum absolute atomic E-state index is 0.141. The van der Waals surface area contributed by atoms with E-state index >= 15 is 0 Å². The maximum atomic E-state index is 12.4. The molecule has 7 nitrogen and oxygen atoms in total. The molecule has 3 N–H and O–H groups in total. The van der Waals surface area contributed by atoms with Gasteiger partial charge in [0, 0.05) is 16.2 Å². The summed E-state index contributed by atoms with van der Waals surface area (Å²) < 4.78 is 42.7. The molecule has 0 saturated heterocycles. The van der Waals surface area contributed by atoms with Gasteiger partial charge in [0.05, 0.1) is 12.7 Å². The lowest BCUT2D eigenvalue weighted by Gasteiger charge is -2.26. The molecule has 2 heterocycles. The highest BCUT2D eigenvalue weighted by Crippen LogP contribution is 2.23. The van der Waals surface area contributed by atoms with Gasteiger partial charge in [-0.05, 0) is 53.2 Å². The van der Waals surface area contributed by atoms with Crippen molar-refractivity contribution >= 4 is 32.9 Å². The second-order valence-electron chi connectivity index (χ2n) is 6.33. The van der Waals surface area contributed by atoms with Crippen LogP contribution in [-0.4, -0.2) is 32.7 Å². The third-order valence-corrected chi connectivity index (χ3v) is 4.04. The number of carbonyl (C=O) groups excluding carboxylic acids is 1. The molecule has 1 amide bonds. The van der Waals surface area contributed by atoms with Crippen LogP contribution in [0.1, 0.15) is 17.3 Å². The largest absolute Gasteiger partial charge is 0.573 e. The monoisotopic (exact) mass is 457 g/mol. The van der Waals surface area contributed by atoms with Crippen LogP contribution in [0, 0.1) is 0 Å². The van der Waals surface area contributed by atoms with Gasteiger partial charge in [0.25, 0.3) is 5.91 Å². The number of halogens is 4. The van der Waals surface area contributed by atoms with Gasteiger partial charge in [-0.3, -0.25) is 14.5 Å². The number of nitrogens with two attached hydrogens (primary N) is 1. The predicted molar refractivity (Wildman–Crippen MR) is 98.4 cm³/mol. The molecule has 28 heavy (non-hydrogen) atoms. The van der Waals surface area contributed by atoms with Crippen LogP contribution in [0.2, 0.25) is 0 Å². The molecule has 0 radical (unpaired) electrons. The standard InChI is InChI=1S/C17H15BrF3N5O2/c1-16(22,9-26-8-14-13(25-26)6-11(18)7-23-14)24-15(27)10-2-4-12(5-3-10)28-17(19,20)21/h2-8H,9,22H2,1H3,(H,24,27)/t16-/m1/s1. The molecular formula is C17H15BrF3N5O2. The number of pyridine rings is 1. The molecule has 3 aromatic rings. The zero-order valence-electron chi connectivity index (χ0n) is 14.5. The van der Waals surface area contributed by atoms with Crippen molar-refractivity contribution in [2.45, 2.75) is 25.5 Å². The van der Waals surface area contributed by atoms with Crippen molar-refractivity contribution in [3.05, 3.63) is 52.8 Å². The van der Waals surface area contributed by atoms with E-state index in [1.54, 1.807) is 30.1 Å². The van der Waals surface area contributed by atoms with Gasteiger partial charge in [0.2, 0.25) is 0 Å². The first-order valence-electron chi connectivity index (χ1n) is 7.97. The van der Waals surface area contributed by atoms with E-state index in [2.05, 4.69) is 36.1 Å². The van der Waals surface area contributed by atoms with E-state index in [-0.39, 0.29) is 12.1 Å². The maximum absolute atomic E-state index is 12.4. The third-order valence-electron chi connectivity index (χ3n) is 3.61. The predicted octanol–water partition coefficient (Wildman–Crippen LogP) is 3.20. The number of rotatable bonds is 5. The van der Waals surface area contributed by atoms with E-state index < -0.39 is 23.7 Å². The summed E-state index contributed by atoms with van der Waals surface area (Å²) in [6.45, 7) is 1.75. The van der Waals surface area contributed by atoms with Crippen LogP contribution in [0.25, 0.3) is 11.0 Å². The summed E-state index contributed by atoms with van der Waals surface area (Å²) in [5, 5.41) is 6.98. The van der Waals surface area contributed by atoms with Gasteiger partial charge in [-0.25, -0.2) is 0 Å². The van der Waals surface area contributed by atoms with Gasteiger partial charge in [-0.15, -0.1) is 13.2 Å². The molecular weight excluding hydrogens is 443 g/mol. The minimum atomic E-state index is -4.79. The van der Waals surface area contributed by atoms with Gasteiger partial charge in [-0.1, -0.05) is 0 Å². The van der Waals surface area contributed by atoms with Crippen LogP contribution in [0.5, 0.6) is 5.75 Å². The molecule has 0 aliphatic carbocycles. The summed E-state index contributed by atoms with van der Waals surface area (Å²) >= 11 is 3.32. The van der Waals surface area contributed by atoms with Crippen molar-refractivity contribution in [1.29, 1.82) is 0 Å². The van der Waals surface area contributed by atoms with Crippen molar-refractivity contribution in [2.75, 3.05) is 0 Å². The first-order valence-corrected chi connectivity index (χ1v) is 8.76. The lowest BCUT2D eigenvalue weighted by Crippen LogP contribution is -2.56. The number of nitrogens with zero attached hydrogens (tertiary/aromatic N) is 3. The first kappa shape index (κ1) is 20.1. The Morgan fingerprint density at radius 3 is 2.61 bits per heavy atom. The average Bonchev–Trinajstić information content (AvgIpc) is 2.93. The molecule has 0 spiro atoms. The quantitative estimate of drug-likeness (QED) is 0.573. The Balaban J connectivity index is 1.67. The number of fused-ring (bicyclic) bond motifs is 1. The van der Waals surface area contributed by atoms with Crippen molar-refractivity contribution < 1.29 is 22.7 Å². The number of aromatic nitrogens is 3. The molecule has 0 aliphatic heterocycles. The number of hydrogen-bond acceptors (Lipinski definition) is 5. The fourth-order valence-electron chi connectivity index (χ4n) is 2.52. The van der Waals surface area contributed by atoms with Crippen molar-refractivity contribution in [3.63, 3.8) is 0 Å². The number of nitrogens with one attached hydrogen (secondary N) is 1. The zero-order valence-corrected chi connectivity index (χ0v) is 16.1. The summed E-state index contributed by atoms with van der Waals surface area (Å²) in [5.41, 5.74) is 6.46. The number of alkyl halides is 3. The summed E-state index contributed by atoms with van der Waals surface area (Å²) in [4.78, 5) is 16.6. The van der Waals surface area contributed by atoms with Crippen LogP contribution >= 0.6 is 15.9 Å². The molecule has 11 heteroatoms. The normalized spacial score (nSPS) is 13.9. The highest BCUT2D eigenvalue weighted by atomic mass is 79.9. The molecule has 0 unspecified atom stereocenters. The Hall–Kier alpha value is -2.66. The summed E-state index contributed by atoms with van der Waals surface area (Å²) in [5.74, 6) is -0.956. The molecule has 0 fully saturated rings. The molecule has 1 aromatic carbocycles. The Morgan fingerprint density at radius 2 is 1.96 bits per heavy atom. The Labute approximate surface area is 165 Å². The van der Waals surface area contributed by atoms with Gasteiger partial charge in [-0.2, -0.15) is 5.10 Å². The number of benzene rings is 1. The minimum Gasteiger partial charge on any atom is -0.406 e. The van der Waals surface area contributed by atoms with Crippen LogP contribution in [0.15, 0.2) is 47.2 Å². The van der Waals surface area contributed by atoms with Crippen LogP contribution < -0.4 is 15.8 Å². The second kappa shape index (κ2) is 7.40. The third kappa shape index (κ3) is 5.20. The van der Waals surface area contributed by atoms with Crippen molar-refractivity contribution in [1.82, 2.24) is 20.1 Å². The molecule has 3 rings (SSSR count). The topological polar surface area (TPSA) is 95.1 Å². The highest BCUT2D eigenvalue weighted by molar-refractivity contribution is 9.10. The lowest BCUT2D eigenvalue weighted by molar-refractivity contribution is -0.274. The van der Waals surface area contributed by atoms with Crippen molar-refractivity contribution in [2.24, 2.45) is 5.73 Å². The first-order chi connectivity index (χ1) is 13.0. The highest BCUT2D eigenvalue weighted by Gasteiger charge is 2.31. The Kier molecular flexibility index (Phi) is 5.31. The Morgan fingerprint density at radius 1 is 1.29 bits per heavy atom. The number of carbonyl (C=O) groups is 1. The van der Waals surface area contributed by atoms with Gasteiger partial charge >= 0.3 is 6.36 Å². The fourth-order valence-corrected chi connectivity index (χ4v) is 2.84. The smallest absolute Gasteiger partial charge is 0.406 e. The van der Waals surface area contributed by atoms with E-state index in [1.807, 2.05) is 0 Å². The fraction of sp³-hybridized carbons (Fsp3) is 0.235. The van der Waals surface area contributed by atoms with Crippen LogP contribution in [0.3, 0.4) is 0 Å². The van der Waals surface area contributed by atoms with E-state index in [1.165, 1.54) is 12.1 Å². The lowest BCUT2D eigenvalue weighted by atomic mass is 10.1. The van der Waals surface area contributed by atoms with Gasteiger partial charge < -0.3 is 15.8 Å². The molecule has 0 bridgehead atoms. The van der Waals surface area contributed by atoms with E-state index in [4.69, 9.17) is 5.73 Å². The van der Waals surface area contributed by atoms with E-state index in [0.717, 1.165) is 16.6 Å². The van der Waals surface area contributed by atoms with E-state index in [9.17, 15) is 18.0 Å². The van der Waals surface area contributed by atoms with Crippen LogP contribution in [-0.2, 0) is 6.54 Å².